The molecule has 0 saturated carbocycles. The smallest absolute Gasteiger partial charge is 0.224 e. The van der Waals surface area contributed by atoms with Crippen LogP contribution in [0.1, 0.15) is 12.0 Å². The quantitative estimate of drug-likeness (QED) is 0.320. The van der Waals surface area contributed by atoms with Crippen LogP contribution in [0.4, 0.5) is 15.8 Å². The number of methoxy groups -OCH3 is 1. The maximum atomic E-state index is 13.1. The Morgan fingerprint density at radius 2 is 1.81 bits per heavy atom. The van der Waals surface area contributed by atoms with E-state index in [4.69, 9.17) is 10.5 Å². The molecule has 2 aromatic rings. The van der Waals surface area contributed by atoms with Gasteiger partial charge in [0.05, 0.1) is 13.2 Å². The fourth-order valence-corrected chi connectivity index (χ4v) is 3.40. The predicted octanol–water partition coefficient (Wildman–Crippen LogP) is 3.06. The minimum atomic E-state index is -0.246. The molecule has 1 aliphatic heterocycles. The first-order valence-corrected chi connectivity index (χ1v) is 9.99. The summed E-state index contributed by atoms with van der Waals surface area (Å²) in [4.78, 5) is 20.7. The van der Waals surface area contributed by atoms with E-state index in [1.54, 1.807) is 19.2 Å². The van der Waals surface area contributed by atoms with Gasteiger partial charge in [0.2, 0.25) is 5.91 Å². The van der Waals surface area contributed by atoms with Crippen molar-refractivity contribution in [1.29, 1.82) is 0 Å². The second-order valence-electron chi connectivity index (χ2n) is 7.08. The summed E-state index contributed by atoms with van der Waals surface area (Å²) in [5.41, 5.74) is 8.76. The van der Waals surface area contributed by atoms with Crippen LogP contribution in [-0.4, -0.2) is 56.6 Å². The van der Waals surface area contributed by atoms with Crippen LogP contribution >= 0.6 is 24.0 Å². The number of hydrogen-bond donors (Lipinski definition) is 2. The van der Waals surface area contributed by atoms with Gasteiger partial charge < -0.3 is 25.6 Å². The van der Waals surface area contributed by atoms with E-state index in [-0.39, 0.29) is 41.7 Å². The number of carbonyl (C=O) groups excluding carboxylic acids is 1. The summed E-state index contributed by atoms with van der Waals surface area (Å²) in [6.07, 6.45) is 0.304. The van der Waals surface area contributed by atoms with Crippen molar-refractivity contribution < 1.29 is 13.9 Å². The first-order chi connectivity index (χ1) is 14.6. The van der Waals surface area contributed by atoms with Crippen LogP contribution in [0.25, 0.3) is 0 Å². The lowest BCUT2D eigenvalue weighted by Gasteiger charge is -2.36. The number of aliphatic imine (C=N–C) groups is 1. The van der Waals surface area contributed by atoms with E-state index in [0.29, 0.717) is 32.7 Å². The summed E-state index contributed by atoms with van der Waals surface area (Å²) in [6.45, 7) is 3.51. The largest absolute Gasteiger partial charge is 0.380 e. The number of rotatable bonds is 7. The standard InChI is InChI=1S/C22H28FN5O2.HI/c1-30-16-17-4-2-3-5-20(17)26-22(24)25-11-10-21(29)28-14-12-27(13-15-28)19-8-6-18(23)7-9-19;/h2-9H,10-16H2,1H3,(H3,24,25,26);1H. The van der Waals surface area contributed by atoms with Crippen molar-refractivity contribution in [3.63, 3.8) is 0 Å². The summed E-state index contributed by atoms with van der Waals surface area (Å²) in [5.74, 6) is 0.0848. The van der Waals surface area contributed by atoms with Gasteiger partial charge in [-0.1, -0.05) is 18.2 Å². The molecule has 3 N–H and O–H groups in total. The monoisotopic (exact) mass is 541 g/mol. The second kappa shape index (κ2) is 12.5. The first kappa shape index (κ1) is 24.9. The molecule has 0 unspecified atom stereocenters. The number of benzene rings is 2. The Labute approximate surface area is 199 Å². The van der Waals surface area contributed by atoms with E-state index < -0.39 is 0 Å². The van der Waals surface area contributed by atoms with E-state index >= 15 is 0 Å². The molecular weight excluding hydrogens is 512 g/mol. The summed E-state index contributed by atoms with van der Waals surface area (Å²) in [5, 5.41) is 3.07. The number of carbonyl (C=O) groups is 1. The van der Waals surface area contributed by atoms with Crippen molar-refractivity contribution >= 4 is 47.2 Å². The molecule has 1 heterocycles. The topological polar surface area (TPSA) is 83.2 Å². The molecule has 1 fully saturated rings. The number of nitrogens with two attached hydrogens (primary N) is 1. The second-order valence-corrected chi connectivity index (χ2v) is 7.08. The highest BCUT2D eigenvalue weighted by atomic mass is 127. The molecule has 0 aliphatic carbocycles. The number of halogens is 2. The highest BCUT2D eigenvalue weighted by Crippen LogP contribution is 2.17. The lowest BCUT2D eigenvalue weighted by atomic mass is 10.2. The predicted molar refractivity (Wildman–Crippen MR) is 132 cm³/mol. The van der Waals surface area contributed by atoms with Crippen molar-refractivity contribution in [2.24, 2.45) is 10.7 Å². The van der Waals surface area contributed by atoms with Gasteiger partial charge in [0.25, 0.3) is 0 Å². The van der Waals surface area contributed by atoms with Gasteiger partial charge in [0.1, 0.15) is 5.82 Å². The molecule has 1 saturated heterocycles. The van der Waals surface area contributed by atoms with Crippen LogP contribution in [0, 0.1) is 5.82 Å². The van der Waals surface area contributed by atoms with Gasteiger partial charge in [0, 0.05) is 56.6 Å². The lowest BCUT2D eigenvalue weighted by Crippen LogP contribution is -2.48. The SMILES string of the molecule is COCc1ccccc1NC(N)=NCCC(=O)N1CCN(c2ccc(F)cc2)CC1.I. The highest BCUT2D eigenvalue weighted by Gasteiger charge is 2.20. The number of anilines is 2. The van der Waals surface area contributed by atoms with Crippen LogP contribution in [0.3, 0.4) is 0 Å². The fourth-order valence-electron chi connectivity index (χ4n) is 3.40. The summed E-state index contributed by atoms with van der Waals surface area (Å²) in [7, 11) is 1.64. The number of hydrogen-bond acceptors (Lipinski definition) is 4. The molecule has 7 nitrogen and oxygen atoms in total. The third kappa shape index (κ3) is 7.35. The average Bonchev–Trinajstić information content (AvgIpc) is 2.76. The van der Waals surface area contributed by atoms with Crippen LogP contribution < -0.4 is 16.0 Å². The van der Waals surface area contributed by atoms with Crippen LogP contribution in [-0.2, 0) is 16.1 Å². The number of para-hydroxylation sites is 1. The molecule has 0 atom stereocenters. The molecule has 168 valence electrons. The van der Waals surface area contributed by atoms with Gasteiger partial charge in [-0.15, -0.1) is 24.0 Å². The van der Waals surface area contributed by atoms with Crippen molar-refractivity contribution in [3.05, 3.63) is 59.9 Å². The molecule has 9 heteroatoms. The molecule has 1 amide bonds. The Bertz CT molecular complexity index is 870. The van der Waals surface area contributed by atoms with Gasteiger partial charge >= 0.3 is 0 Å². The minimum Gasteiger partial charge on any atom is -0.380 e. The van der Waals surface area contributed by atoms with Crippen LogP contribution in [0.15, 0.2) is 53.5 Å². The van der Waals surface area contributed by atoms with Crippen LogP contribution in [0.2, 0.25) is 0 Å². The zero-order valence-electron chi connectivity index (χ0n) is 17.6. The zero-order chi connectivity index (χ0) is 21.3. The third-order valence-corrected chi connectivity index (χ3v) is 5.01. The van der Waals surface area contributed by atoms with Gasteiger partial charge in [-0.25, -0.2) is 4.39 Å². The molecule has 31 heavy (non-hydrogen) atoms. The van der Waals surface area contributed by atoms with Gasteiger partial charge in [0.15, 0.2) is 5.96 Å². The Hall–Kier alpha value is -2.40. The molecule has 2 aromatic carbocycles. The Balaban J connectivity index is 0.00000341. The van der Waals surface area contributed by atoms with Crippen molar-refractivity contribution in [2.75, 3.05) is 50.1 Å². The fraction of sp³-hybridized carbons (Fsp3) is 0.364. The van der Waals surface area contributed by atoms with E-state index in [2.05, 4.69) is 15.2 Å². The maximum Gasteiger partial charge on any atom is 0.224 e. The number of nitrogens with zero attached hydrogens (tertiary/aromatic N) is 3. The number of ether oxygens (including phenoxy) is 1. The molecule has 0 spiro atoms. The summed E-state index contributed by atoms with van der Waals surface area (Å²) < 4.78 is 18.3. The molecule has 0 radical (unpaired) electrons. The van der Waals surface area contributed by atoms with Gasteiger partial charge in [-0.2, -0.15) is 0 Å². The number of nitrogens with one attached hydrogen (secondary N) is 1. The molecule has 1 aliphatic rings. The summed E-state index contributed by atoms with van der Waals surface area (Å²) >= 11 is 0. The number of piperazine rings is 1. The van der Waals surface area contributed by atoms with Crippen molar-refractivity contribution in [3.8, 4) is 0 Å². The van der Waals surface area contributed by atoms with Crippen molar-refractivity contribution in [1.82, 2.24) is 4.90 Å². The minimum absolute atomic E-state index is 0. The lowest BCUT2D eigenvalue weighted by molar-refractivity contribution is -0.131. The molecular formula is C22H29FIN5O2. The van der Waals surface area contributed by atoms with E-state index in [0.717, 1.165) is 30.0 Å². The molecule has 3 rings (SSSR count). The van der Waals surface area contributed by atoms with E-state index in [1.807, 2.05) is 29.2 Å². The zero-order valence-corrected chi connectivity index (χ0v) is 19.9. The normalized spacial score (nSPS) is 14.2. The Morgan fingerprint density at radius 1 is 1.13 bits per heavy atom. The first-order valence-electron chi connectivity index (χ1n) is 9.99. The number of guanidine groups is 1. The van der Waals surface area contributed by atoms with Crippen molar-refractivity contribution in [2.45, 2.75) is 13.0 Å². The van der Waals surface area contributed by atoms with E-state index in [1.165, 1.54) is 12.1 Å². The van der Waals surface area contributed by atoms with Crippen LogP contribution in [0.5, 0.6) is 0 Å². The average molecular weight is 541 g/mol. The number of amides is 1. The highest BCUT2D eigenvalue weighted by molar-refractivity contribution is 14.0. The third-order valence-electron chi connectivity index (χ3n) is 5.01. The Morgan fingerprint density at radius 3 is 2.48 bits per heavy atom. The van der Waals surface area contributed by atoms with Gasteiger partial charge in [-0.3, -0.25) is 9.79 Å². The van der Waals surface area contributed by atoms with E-state index in [9.17, 15) is 9.18 Å². The van der Waals surface area contributed by atoms with Gasteiger partial charge in [-0.05, 0) is 30.3 Å². The Kier molecular flexibility index (Phi) is 9.99. The maximum absolute atomic E-state index is 13.1. The summed E-state index contributed by atoms with van der Waals surface area (Å²) in [6, 6.07) is 14.1. The molecule has 0 aromatic heterocycles. The molecule has 0 bridgehead atoms.